The Bertz CT molecular complexity index is 1250. The molecule has 0 aliphatic rings. The highest BCUT2D eigenvalue weighted by Crippen LogP contribution is 2.27. The molecule has 0 N–H and O–H groups in total. The van der Waals surface area contributed by atoms with Gasteiger partial charge in [0.2, 0.25) is 15.9 Å². The smallest absolute Gasteiger partial charge is 0.243 e. The van der Waals surface area contributed by atoms with Gasteiger partial charge in [-0.15, -0.1) is 0 Å². The molecular formula is C23H21Cl3N2O4S. The molecule has 0 fully saturated rings. The summed E-state index contributed by atoms with van der Waals surface area (Å²) in [5.41, 5.74) is 1.07. The lowest BCUT2D eigenvalue weighted by Gasteiger charge is -2.25. The number of rotatable bonds is 8. The van der Waals surface area contributed by atoms with E-state index in [2.05, 4.69) is 0 Å². The van der Waals surface area contributed by atoms with Crippen LogP contribution in [-0.4, -0.2) is 39.3 Å². The highest BCUT2D eigenvalue weighted by atomic mass is 35.5. The maximum atomic E-state index is 13.4. The van der Waals surface area contributed by atoms with E-state index < -0.39 is 22.5 Å². The maximum absolute atomic E-state index is 13.4. The van der Waals surface area contributed by atoms with Crippen molar-refractivity contribution >= 4 is 56.4 Å². The number of anilines is 1. The Hall–Kier alpha value is -2.29. The second-order valence-electron chi connectivity index (χ2n) is 7.12. The Balaban J connectivity index is 1.95. The van der Waals surface area contributed by atoms with Gasteiger partial charge < -0.3 is 9.64 Å². The minimum atomic E-state index is -4.06. The monoisotopic (exact) mass is 526 g/mol. The summed E-state index contributed by atoms with van der Waals surface area (Å²) in [5.74, 6) is 0.136. The van der Waals surface area contributed by atoms with Crippen molar-refractivity contribution in [1.29, 1.82) is 0 Å². The molecule has 0 bridgehead atoms. The molecule has 0 heterocycles. The lowest BCUT2D eigenvalue weighted by atomic mass is 10.2. The molecule has 6 nitrogen and oxygen atoms in total. The van der Waals surface area contributed by atoms with Gasteiger partial charge in [0, 0.05) is 40.4 Å². The van der Waals surface area contributed by atoms with Crippen molar-refractivity contribution in [3.8, 4) is 5.75 Å². The van der Waals surface area contributed by atoms with E-state index in [1.165, 1.54) is 42.3 Å². The van der Waals surface area contributed by atoms with Crippen LogP contribution in [0.4, 0.5) is 5.69 Å². The van der Waals surface area contributed by atoms with Gasteiger partial charge in [0.1, 0.15) is 5.75 Å². The van der Waals surface area contributed by atoms with Crippen LogP contribution >= 0.6 is 34.8 Å². The molecule has 0 spiro atoms. The molecule has 0 aliphatic heterocycles. The van der Waals surface area contributed by atoms with E-state index in [1.54, 1.807) is 43.4 Å². The molecular weight excluding hydrogens is 507 g/mol. The van der Waals surface area contributed by atoms with E-state index in [4.69, 9.17) is 39.5 Å². The molecule has 0 aliphatic carbocycles. The van der Waals surface area contributed by atoms with E-state index in [1.807, 2.05) is 0 Å². The number of sulfonamides is 1. The first-order chi connectivity index (χ1) is 15.6. The van der Waals surface area contributed by atoms with Crippen LogP contribution in [0.25, 0.3) is 0 Å². The number of likely N-dealkylation sites (N-methyl/N-ethyl adjacent to an activating group) is 1. The zero-order valence-electron chi connectivity index (χ0n) is 17.8. The summed E-state index contributed by atoms with van der Waals surface area (Å²) < 4.78 is 33.2. The number of amides is 1. The van der Waals surface area contributed by atoms with Crippen LogP contribution in [0, 0.1) is 0 Å². The second kappa shape index (κ2) is 10.8. The van der Waals surface area contributed by atoms with Gasteiger partial charge in [-0.25, -0.2) is 8.42 Å². The first-order valence-electron chi connectivity index (χ1n) is 9.72. The molecule has 0 radical (unpaired) electrons. The van der Waals surface area contributed by atoms with Gasteiger partial charge in [0.15, 0.2) is 0 Å². The average Bonchev–Trinajstić information content (AvgIpc) is 2.79. The SMILES string of the molecule is COc1cccc(N(C)C(=O)CN(Cc2ccc(Cl)cc2Cl)S(=O)(=O)c2ccc(Cl)cc2)c1. The van der Waals surface area contributed by atoms with Crippen LogP contribution in [0.15, 0.2) is 71.6 Å². The van der Waals surface area contributed by atoms with E-state index >= 15 is 0 Å². The van der Waals surface area contributed by atoms with Gasteiger partial charge in [-0.05, 0) is 54.1 Å². The van der Waals surface area contributed by atoms with E-state index in [9.17, 15) is 13.2 Å². The molecule has 3 aromatic rings. The highest BCUT2D eigenvalue weighted by molar-refractivity contribution is 7.89. The largest absolute Gasteiger partial charge is 0.497 e. The van der Waals surface area contributed by atoms with Crippen LogP contribution < -0.4 is 9.64 Å². The number of nitrogens with zero attached hydrogens (tertiary/aromatic N) is 2. The van der Waals surface area contributed by atoms with Crippen molar-refractivity contribution in [2.75, 3.05) is 25.6 Å². The Morgan fingerprint density at radius 2 is 1.61 bits per heavy atom. The zero-order valence-corrected chi connectivity index (χ0v) is 20.9. The van der Waals surface area contributed by atoms with Gasteiger partial charge in [-0.3, -0.25) is 4.79 Å². The van der Waals surface area contributed by atoms with Crippen LogP contribution in [0.3, 0.4) is 0 Å². The Morgan fingerprint density at radius 3 is 2.24 bits per heavy atom. The number of ether oxygens (including phenoxy) is 1. The topological polar surface area (TPSA) is 66.9 Å². The van der Waals surface area contributed by atoms with Gasteiger partial charge >= 0.3 is 0 Å². The van der Waals surface area contributed by atoms with Crippen molar-refractivity contribution in [3.05, 3.63) is 87.4 Å². The maximum Gasteiger partial charge on any atom is 0.243 e. The molecule has 174 valence electrons. The average molecular weight is 528 g/mol. The van der Waals surface area contributed by atoms with Crippen LogP contribution in [0.1, 0.15) is 5.56 Å². The zero-order chi connectivity index (χ0) is 24.2. The lowest BCUT2D eigenvalue weighted by molar-refractivity contribution is -0.118. The van der Waals surface area contributed by atoms with Crippen LogP contribution in [-0.2, 0) is 21.4 Å². The van der Waals surface area contributed by atoms with Crippen LogP contribution in [0.2, 0.25) is 15.1 Å². The fraction of sp³-hybridized carbons (Fsp3) is 0.174. The number of methoxy groups -OCH3 is 1. The second-order valence-corrected chi connectivity index (χ2v) is 10.3. The molecule has 1 amide bonds. The third-order valence-corrected chi connectivity index (χ3v) is 7.58. The Kier molecular flexibility index (Phi) is 8.26. The van der Waals surface area contributed by atoms with Gasteiger partial charge in [0.05, 0.1) is 18.6 Å². The summed E-state index contributed by atoms with van der Waals surface area (Å²) in [5, 5.41) is 1.12. The van der Waals surface area contributed by atoms with Gasteiger partial charge in [-0.2, -0.15) is 4.31 Å². The van der Waals surface area contributed by atoms with Gasteiger partial charge in [0.25, 0.3) is 0 Å². The normalized spacial score (nSPS) is 11.5. The van der Waals surface area contributed by atoms with Crippen molar-refractivity contribution in [2.24, 2.45) is 0 Å². The summed E-state index contributed by atoms with van der Waals surface area (Å²) in [7, 11) is -0.962. The van der Waals surface area contributed by atoms with E-state index in [0.29, 0.717) is 32.1 Å². The van der Waals surface area contributed by atoms with Gasteiger partial charge in [-0.1, -0.05) is 46.9 Å². The standard InChI is InChI=1S/C23H21Cl3N2O4S/c1-27(19-4-3-5-20(13-19)32-2)23(29)15-28(14-16-6-7-18(25)12-22(16)26)33(30,31)21-10-8-17(24)9-11-21/h3-13H,14-15H2,1-2H3. The summed E-state index contributed by atoms with van der Waals surface area (Å²) in [6.45, 7) is -0.545. The summed E-state index contributed by atoms with van der Waals surface area (Å²) in [6, 6.07) is 17.4. The number of hydrogen-bond acceptors (Lipinski definition) is 4. The molecule has 0 saturated heterocycles. The van der Waals surface area contributed by atoms with Crippen molar-refractivity contribution in [2.45, 2.75) is 11.4 Å². The first kappa shape index (κ1) is 25.3. The fourth-order valence-electron chi connectivity index (χ4n) is 3.04. The third kappa shape index (κ3) is 6.19. The van der Waals surface area contributed by atoms with Crippen molar-refractivity contribution in [1.82, 2.24) is 4.31 Å². The predicted molar refractivity (Wildman–Crippen MR) is 132 cm³/mol. The minimum absolute atomic E-state index is 0.00817. The van der Waals surface area contributed by atoms with Crippen molar-refractivity contribution in [3.63, 3.8) is 0 Å². The first-order valence-corrected chi connectivity index (χ1v) is 12.3. The third-order valence-electron chi connectivity index (χ3n) is 4.94. The summed E-state index contributed by atoms with van der Waals surface area (Å²) >= 11 is 18.2. The van der Waals surface area contributed by atoms with E-state index in [0.717, 1.165) is 4.31 Å². The molecule has 0 atom stereocenters. The Labute approximate surface area is 208 Å². The minimum Gasteiger partial charge on any atom is -0.497 e. The molecule has 0 saturated carbocycles. The predicted octanol–water partition coefficient (Wildman–Crippen LogP) is 5.51. The molecule has 0 aromatic heterocycles. The number of hydrogen-bond donors (Lipinski definition) is 0. The van der Waals surface area contributed by atoms with E-state index in [-0.39, 0.29) is 11.4 Å². The number of carbonyl (C=O) groups excluding carboxylic acids is 1. The lowest BCUT2D eigenvalue weighted by Crippen LogP contribution is -2.41. The van der Waals surface area contributed by atoms with Crippen LogP contribution in [0.5, 0.6) is 5.75 Å². The number of halogens is 3. The molecule has 33 heavy (non-hydrogen) atoms. The summed E-state index contributed by atoms with van der Waals surface area (Å²) in [4.78, 5) is 14.5. The molecule has 10 heteroatoms. The fourth-order valence-corrected chi connectivity index (χ4v) is 5.00. The summed E-state index contributed by atoms with van der Waals surface area (Å²) in [6.07, 6.45) is 0. The quantitative estimate of drug-likeness (QED) is 0.387. The highest BCUT2D eigenvalue weighted by Gasteiger charge is 2.29. The van der Waals surface area contributed by atoms with Crippen molar-refractivity contribution < 1.29 is 17.9 Å². The Morgan fingerprint density at radius 1 is 0.939 bits per heavy atom. The molecule has 3 aromatic carbocycles. The number of benzene rings is 3. The molecule has 0 unspecified atom stereocenters. The number of carbonyl (C=O) groups is 1. The molecule has 3 rings (SSSR count).